The van der Waals surface area contributed by atoms with Gasteiger partial charge < -0.3 is 10.1 Å². The van der Waals surface area contributed by atoms with Crippen molar-refractivity contribution < 1.29 is 4.74 Å². The maximum atomic E-state index is 5.98. The minimum absolute atomic E-state index is 0.0115. The minimum atomic E-state index is 0.0115. The normalized spacial score (nSPS) is 17.3. The zero-order valence-electron chi connectivity index (χ0n) is 11.6. The first-order valence-electron chi connectivity index (χ1n) is 6.79. The molecule has 20 heavy (non-hydrogen) atoms. The molecule has 104 valence electrons. The molecule has 1 N–H and O–H groups in total. The van der Waals surface area contributed by atoms with Crippen LogP contribution in [0.5, 0.6) is 5.88 Å². The van der Waals surface area contributed by atoms with Crippen LogP contribution < -0.4 is 10.1 Å². The summed E-state index contributed by atoms with van der Waals surface area (Å²) in [6.07, 6.45) is 1.77. The molecule has 1 aromatic carbocycles. The van der Waals surface area contributed by atoms with E-state index in [1.54, 1.807) is 6.20 Å². The summed E-state index contributed by atoms with van der Waals surface area (Å²) in [5, 5.41) is 3.37. The van der Waals surface area contributed by atoms with Crippen molar-refractivity contribution in [3.05, 3.63) is 52.1 Å². The highest BCUT2D eigenvalue weighted by Gasteiger charge is 2.22. The second kappa shape index (κ2) is 5.44. The van der Waals surface area contributed by atoms with Crippen LogP contribution >= 0.6 is 15.9 Å². The Balaban J connectivity index is 1.81. The Labute approximate surface area is 127 Å². The van der Waals surface area contributed by atoms with Gasteiger partial charge in [0.2, 0.25) is 5.88 Å². The van der Waals surface area contributed by atoms with E-state index in [1.807, 2.05) is 6.07 Å². The highest BCUT2D eigenvalue weighted by atomic mass is 79.9. The third-order valence-electron chi connectivity index (χ3n) is 3.52. The fourth-order valence-corrected chi connectivity index (χ4v) is 2.64. The van der Waals surface area contributed by atoms with Crippen LogP contribution in [0, 0.1) is 0 Å². The summed E-state index contributed by atoms with van der Waals surface area (Å²) in [7, 11) is 0. The molecule has 3 nitrogen and oxygen atoms in total. The molecule has 1 aliphatic rings. The number of nitrogens with one attached hydrogen (secondary N) is 1. The number of hydrogen-bond donors (Lipinski definition) is 1. The van der Waals surface area contributed by atoms with Crippen LogP contribution in [0.3, 0.4) is 0 Å². The summed E-state index contributed by atoms with van der Waals surface area (Å²) < 4.78 is 6.93. The maximum absolute atomic E-state index is 5.98. The first kappa shape index (κ1) is 13.4. The summed E-state index contributed by atoms with van der Waals surface area (Å²) in [4.78, 5) is 4.31. The molecule has 0 saturated carbocycles. The number of nitrogens with zero attached hydrogens (tertiary/aromatic N) is 1. The van der Waals surface area contributed by atoms with Crippen LogP contribution in [0.1, 0.15) is 37.0 Å². The Morgan fingerprint density at radius 2 is 2.05 bits per heavy atom. The van der Waals surface area contributed by atoms with Gasteiger partial charge in [-0.15, -0.1) is 0 Å². The van der Waals surface area contributed by atoms with Gasteiger partial charge in [-0.3, -0.25) is 0 Å². The van der Waals surface area contributed by atoms with Gasteiger partial charge in [-0.2, -0.15) is 0 Å². The molecule has 0 amide bonds. The van der Waals surface area contributed by atoms with Gasteiger partial charge in [-0.1, -0.05) is 38.1 Å². The lowest BCUT2D eigenvalue weighted by Gasteiger charge is -2.27. The highest BCUT2D eigenvalue weighted by molar-refractivity contribution is 9.10. The van der Waals surface area contributed by atoms with Gasteiger partial charge in [-0.25, -0.2) is 4.98 Å². The van der Waals surface area contributed by atoms with Gasteiger partial charge >= 0.3 is 0 Å². The lowest BCUT2D eigenvalue weighted by atomic mass is 9.99. The fourth-order valence-electron chi connectivity index (χ4n) is 2.31. The number of fused-ring (bicyclic) bond motifs is 1. The number of halogens is 1. The third kappa shape index (κ3) is 2.66. The lowest BCUT2D eigenvalue weighted by molar-refractivity contribution is 0.201. The van der Waals surface area contributed by atoms with Crippen LogP contribution in [0.25, 0.3) is 0 Å². The second-order valence-corrected chi connectivity index (χ2v) is 6.23. The third-order valence-corrected chi connectivity index (χ3v) is 3.96. The Bertz CT molecular complexity index is 610. The van der Waals surface area contributed by atoms with Crippen LogP contribution in [0.4, 0.5) is 5.69 Å². The van der Waals surface area contributed by atoms with Gasteiger partial charge in [0.25, 0.3) is 0 Å². The predicted molar refractivity (Wildman–Crippen MR) is 84.3 cm³/mol. The summed E-state index contributed by atoms with van der Waals surface area (Å²) >= 11 is 3.41. The molecule has 2 heterocycles. The molecule has 1 aromatic heterocycles. The zero-order valence-corrected chi connectivity index (χ0v) is 13.1. The van der Waals surface area contributed by atoms with Crippen LogP contribution in [-0.2, 0) is 0 Å². The summed E-state index contributed by atoms with van der Waals surface area (Å²) in [6, 6.07) is 10.6. The van der Waals surface area contributed by atoms with Crippen molar-refractivity contribution in [2.45, 2.75) is 25.9 Å². The predicted octanol–water partition coefficient (Wildman–Crippen LogP) is 4.51. The molecule has 0 spiro atoms. The smallest absolute Gasteiger partial charge is 0.238 e. The maximum Gasteiger partial charge on any atom is 0.238 e. The van der Waals surface area contributed by atoms with Gasteiger partial charge in [-0.05, 0) is 39.0 Å². The molecule has 2 aromatic rings. The van der Waals surface area contributed by atoms with E-state index in [1.165, 1.54) is 11.1 Å². The number of benzene rings is 1. The minimum Gasteiger partial charge on any atom is -0.466 e. The molecule has 0 bridgehead atoms. The van der Waals surface area contributed by atoms with Gasteiger partial charge in [0.05, 0.1) is 12.2 Å². The standard InChI is InChI=1S/C16H17BrN2O/c1-10(2)11-3-5-12(6-4-11)15-9-18-14-7-13(17)8-19-16(14)20-15/h3-8,10,15,18H,9H2,1-2H3. The van der Waals surface area contributed by atoms with Gasteiger partial charge in [0.1, 0.15) is 6.10 Å². The molecule has 0 saturated heterocycles. The van der Waals surface area contributed by atoms with Crippen molar-refractivity contribution in [3.63, 3.8) is 0 Å². The summed E-state index contributed by atoms with van der Waals surface area (Å²) in [5.74, 6) is 1.21. The number of ether oxygens (including phenoxy) is 1. The van der Waals surface area contributed by atoms with Crippen LogP contribution in [0.2, 0.25) is 0 Å². The molecular formula is C16H17BrN2O. The van der Waals surface area contributed by atoms with E-state index in [0.717, 1.165) is 16.7 Å². The highest BCUT2D eigenvalue weighted by Crippen LogP contribution is 2.34. The summed E-state index contributed by atoms with van der Waals surface area (Å²) in [5.41, 5.74) is 3.46. The van der Waals surface area contributed by atoms with E-state index in [2.05, 4.69) is 64.3 Å². The van der Waals surface area contributed by atoms with Crippen molar-refractivity contribution in [2.75, 3.05) is 11.9 Å². The van der Waals surface area contributed by atoms with Crippen molar-refractivity contribution in [1.29, 1.82) is 0 Å². The number of anilines is 1. The molecule has 4 heteroatoms. The molecule has 3 rings (SSSR count). The second-order valence-electron chi connectivity index (χ2n) is 5.32. The molecule has 1 unspecified atom stereocenters. The topological polar surface area (TPSA) is 34.2 Å². The first-order valence-corrected chi connectivity index (χ1v) is 7.58. The van der Waals surface area contributed by atoms with E-state index in [4.69, 9.17) is 4.74 Å². The van der Waals surface area contributed by atoms with Crippen molar-refractivity contribution >= 4 is 21.6 Å². The fraction of sp³-hybridized carbons (Fsp3) is 0.312. The van der Waals surface area contributed by atoms with Crippen molar-refractivity contribution in [1.82, 2.24) is 4.98 Å². The monoisotopic (exact) mass is 332 g/mol. The van der Waals surface area contributed by atoms with E-state index >= 15 is 0 Å². The molecule has 0 aliphatic carbocycles. The van der Waals surface area contributed by atoms with E-state index in [9.17, 15) is 0 Å². The lowest BCUT2D eigenvalue weighted by Crippen LogP contribution is -2.24. The number of rotatable bonds is 2. The molecule has 0 fully saturated rings. The van der Waals surface area contributed by atoms with E-state index in [0.29, 0.717) is 11.8 Å². The summed E-state index contributed by atoms with van der Waals surface area (Å²) in [6.45, 7) is 5.16. The van der Waals surface area contributed by atoms with Crippen LogP contribution in [-0.4, -0.2) is 11.5 Å². The number of hydrogen-bond acceptors (Lipinski definition) is 3. The molecule has 1 aliphatic heterocycles. The Hall–Kier alpha value is -1.55. The SMILES string of the molecule is CC(C)c1ccc(C2CNc3cc(Br)cnc3O2)cc1. The first-order chi connectivity index (χ1) is 9.63. The number of aromatic nitrogens is 1. The Morgan fingerprint density at radius 1 is 1.30 bits per heavy atom. The largest absolute Gasteiger partial charge is 0.466 e. The average Bonchev–Trinajstić information content (AvgIpc) is 2.47. The van der Waals surface area contributed by atoms with Gasteiger partial charge in [0.15, 0.2) is 0 Å². The molecule has 1 atom stereocenters. The Morgan fingerprint density at radius 3 is 2.75 bits per heavy atom. The number of pyridine rings is 1. The van der Waals surface area contributed by atoms with Gasteiger partial charge in [0, 0.05) is 10.7 Å². The van der Waals surface area contributed by atoms with Crippen molar-refractivity contribution in [3.8, 4) is 5.88 Å². The quantitative estimate of drug-likeness (QED) is 0.878. The Kier molecular flexibility index (Phi) is 3.66. The van der Waals surface area contributed by atoms with E-state index < -0.39 is 0 Å². The van der Waals surface area contributed by atoms with E-state index in [-0.39, 0.29) is 6.10 Å². The molecular weight excluding hydrogens is 316 g/mol. The van der Waals surface area contributed by atoms with Crippen molar-refractivity contribution in [2.24, 2.45) is 0 Å². The zero-order chi connectivity index (χ0) is 14.1. The molecule has 0 radical (unpaired) electrons. The average molecular weight is 333 g/mol. The van der Waals surface area contributed by atoms with Crippen LogP contribution in [0.15, 0.2) is 41.0 Å².